The fourth-order valence-electron chi connectivity index (χ4n) is 4.75. The number of benzene rings is 3. The second kappa shape index (κ2) is 10.5. The molecule has 1 fully saturated rings. The van der Waals surface area contributed by atoms with Crippen LogP contribution >= 0.6 is 0 Å². The van der Waals surface area contributed by atoms with Crippen molar-refractivity contribution >= 4 is 16.9 Å². The van der Waals surface area contributed by atoms with E-state index in [2.05, 4.69) is 4.90 Å². The number of hydrogen-bond donors (Lipinski definition) is 0. The van der Waals surface area contributed by atoms with Crippen LogP contribution in [-0.2, 0) is 17.1 Å². The van der Waals surface area contributed by atoms with Crippen LogP contribution in [0.2, 0.25) is 0 Å². The smallest absolute Gasteiger partial charge is 0.416 e. The van der Waals surface area contributed by atoms with E-state index in [9.17, 15) is 31.1 Å². The number of nitrogens with zero attached hydrogens (tertiary/aromatic N) is 1. The number of fused-ring (bicyclic) bond motifs is 1. The summed E-state index contributed by atoms with van der Waals surface area (Å²) in [7, 11) is 0. The molecule has 3 aromatic carbocycles. The molecule has 204 valence electrons. The van der Waals surface area contributed by atoms with Crippen molar-refractivity contribution < 1.29 is 40.6 Å². The zero-order chi connectivity index (χ0) is 27.8. The summed E-state index contributed by atoms with van der Waals surface area (Å²) < 4.78 is 90.1. The Morgan fingerprint density at radius 1 is 0.718 bits per heavy atom. The maximum atomic E-state index is 13.6. The molecule has 1 aliphatic carbocycles. The molecule has 0 amide bonds. The molecule has 39 heavy (non-hydrogen) atoms. The van der Waals surface area contributed by atoms with Crippen molar-refractivity contribution in [2.45, 2.75) is 12.4 Å². The molecule has 1 heterocycles. The van der Waals surface area contributed by atoms with Gasteiger partial charge in [-0.25, -0.2) is 0 Å². The SMILES string of the molecule is O=C1C(c2ccc(C(F)(F)F)cc2)=C(c2ccc(C(F)(F)F)cc2)c2ccc(OCCN3CCOCC3)cc21. The lowest BCUT2D eigenvalue weighted by Gasteiger charge is -2.26. The highest BCUT2D eigenvalue weighted by Crippen LogP contribution is 2.44. The number of rotatable bonds is 6. The summed E-state index contributed by atoms with van der Waals surface area (Å²) in [5, 5.41) is 0. The van der Waals surface area contributed by atoms with Crippen molar-refractivity contribution in [3.05, 3.63) is 100 Å². The van der Waals surface area contributed by atoms with Crippen LogP contribution in [0.25, 0.3) is 11.1 Å². The minimum Gasteiger partial charge on any atom is -0.492 e. The fraction of sp³-hybridized carbons (Fsp3) is 0.276. The number of alkyl halides is 6. The lowest BCUT2D eigenvalue weighted by atomic mass is 9.93. The van der Waals surface area contributed by atoms with Crippen LogP contribution in [0.5, 0.6) is 5.75 Å². The Bertz CT molecular complexity index is 1390. The number of ether oxygens (including phenoxy) is 2. The topological polar surface area (TPSA) is 38.8 Å². The average molecular weight is 547 g/mol. The molecule has 1 saturated heterocycles. The number of hydrogen-bond acceptors (Lipinski definition) is 4. The first-order chi connectivity index (χ1) is 18.5. The Kier molecular flexibility index (Phi) is 7.26. The van der Waals surface area contributed by atoms with Crippen molar-refractivity contribution in [2.75, 3.05) is 39.5 Å². The molecule has 2 aliphatic rings. The molecule has 0 atom stereocenters. The number of Topliss-reactive ketones (excluding diaryl/α,β-unsaturated/α-hetero) is 1. The van der Waals surface area contributed by atoms with Crippen molar-refractivity contribution in [1.29, 1.82) is 0 Å². The predicted molar refractivity (Wildman–Crippen MR) is 132 cm³/mol. The first kappa shape index (κ1) is 27.0. The monoisotopic (exact) mass is 547 g/mol. The third kappa shape index (κ3) is 5.72. The lowest BCUT2D eigenvalue weighted by molar-refractivity contribution is -0.138. The molecule has 0 spiro atoms. The molecule has 3 aromatic rings. The summed E-state index contributed by atoms with van der Waals surface area (Å²) >= 11 is 0. The standard InChI is InChI=1S/C29H23F6NO3/c30-28(31,32)20-5-1-18(2-6-20)25-23-10-9-22(39-16-13-36-11-14-38-15-12-36)17-24(23)27(37)26(25)19-3-7-21(8-4-19)29(33,34)35/h1-10,17H,11-16H2. The third-order valence-corrected chi connectivity index (χ3v) is 6.76. The van der Waals surface area contributed by atoms with Crippen molar-refractivity contribution in [3.63, 3.8) is 0 Å². The van der Waals surface area contributed by atoms with Crippen molar-refractivity contribution in [2.24, 2.45) is 0 Å². The van der Waals surface area contributed by atoms with Crippen LogP contribution in [0, 0.1) is 0 Å². The lowest BCUT2D eigenvalue weighted by Crippen LogP contribution is -2.38. The Morgan fingerprint density at radius 2 is 1.26 bits per heavy atom. The minimum atomic E-state index is -4.56. The number of ketones is 1. The average Bonchev–Trinajstić information content (AvgIpc) is 3.20. The van der Waals surface area contributed by atoms with Crippen LogP contribution in [-0.4, -0.2) is 50.1 Å². The largest absolute Gasteiger partial charge is 0.492 e. The second-order valence-corrected chi connectivity index (χ2v) is 9.24. The van der Waals surface area contributed by atoms with Gasteiger partial charge in [0.1, 0.15) is 12.4 Å². The van der Waals surface area contributed by atoms with Gasteiger partial charge in [-0.15, -0.1) is 0 Å². The van der Waals surface area contributed by atoms with Gasteiger partial charge in [-0.05, 0) is 59.2 Å². The maximum Gasteiger partial charge on any atom is 0.416 e. The molecule has 0 radical (unpaired) electrons. The van der Waals surface area contributed by atoms with Gasteiger partial charge in [0.25, 0.3) is 0 Å². The molecule has 0 aromatic heterocycles. The molecular weight excluding hydrogens is 524 g/mol. The highest BCUT2D eigenvalue weighted by molar-refractivity contribution is 6.41. The Hall–Kier alpha value is -3.63. The van der Waals surface area contributed by atoms with Gasteiger partial charge in [0.2, 0.25) is 0 Å². The zero-order valence-electron chi connectivity index (χ0n) is 20.5. The minimum absolute atomic E-state index is 0.115. The van der Waals surface area contributed by atoms with E-state index in [0.717, 1.165) is 37.4 Å². The summed E-state index contributed by atoms with van der Waals surface area (Å²) in [4.78, 5) is 15.8. The Balaban J connectivity index is 1.49. The van der Waals surface area contributed by atoms with Crippen molar-refractivity contribution in [3.8, 4) is 5.75 Å². The molecule has 10 heteroatoms. The summed E-state index contributed by atoms with van der Waals surface area (Å²) in [6.45, 7) is 3.93. The first-order valence-corrected chi connectivity index (χ1v) is 12.2. The number of carbonyl (C=O) groups excluding carboxylic acids is 1. The van der Waals surface area contributed by atoms with Gasteiger partial charge in [0.05, 0.1) is 24.3 Å². The molecule has 0 N–H and O–H groups in total. The molecule has 0 unspecified atom stereocenters. The van der Waals surface area contributed by atoms with Gasteiger partial charge >= 0.3 is 12.4 Å². The Morgan fingerprint density at radius 3 is 1.79 bits per heavy atom. The van der Waals surface area contributed by atoms with E-state index in [1.807, 2.05) is 0 Å². The first-order valence-electron chi connectivity index (χ1n) is 12.2. The summed E-state index contributed by atoms with van der Waals surface area (Å²) in [6, 6.07) is 13.4. The van der Waals surface area contributed by atoms with Crippen LogP contribution in [0.1, 0.15) is 38.2 Å². The fourth-order valence-corrected chi connectivity index (χ4v) is 4.75. The van der Waals surface area contributed by atoms with Gasteiger partial charge in [-0.1, -0.05) is 24.3 Å². The van der Waals surface area contributed by atoms with Crippen LogP contribution < -0.4 is 4.74 Å². The molecule has 0 saturated carbocycles. The van der Waals surface area contributed by atoms with Gasteiger partial charge in [-0.2, -0.15) is 26.3 Å². The van der Waals surface area contributed by atoms with Crippen LogP contribution in [0.15, 0.2) is 66.7 Å². The van der Waals surface area contributed by atoms with Gasteiger partial charge in [0, 0.05) is 36.3 Å². The van der Waals surface area contributed by atoms with Crippen LogP contribution in [0.4, 0.5) is 26.3 Å². The number of carbonyl (C=O) groups is 1. The van der Waals surface area contributed by atoms with E-state index >= 15 is 0 Å². The zero-order valence-corrected chi connectivity index (χ0v) is 20.5. The van der Waals surface area contributed by atoms with E-state index in [0.29, 0.717) is 48.8 Å². The predicted octanol–water partition coefficient (Wildman–Crippen LogP) is 6.59. The summed E-state index contributed by atoms with van der Waals surface area (Å²) in [6.07, 6.45) is -9.10. The van der Waals surface area contributed by atoms with E-state index in [4.69, 9.17) is 9.47 Å². The molecular formula is C29H23F6NO3. The quantitative estimate of drug-likeness (QED) is 0.327. The highest BCUT2D eigenvalue weighted by Gasteiger charge is 2.35. The van der Waals surface area contributed by atoms with Crippen molar-refractivity contribution in [1.82, 2.24) is 4.90 Å². The highest BCUT2D eigenvalue weighted by atomic mass is 19.4. The number of allylic oxidation sites excluding steroid dienone is 1. The number of halogens is 6. The normalized spacial score (nSPS) is 16.5. The Labute approximate surface area is 220 Å². The summed E-state index contributed by atoms with van der Waals surface area (Å²) in [5.74, 6) is -0.00548. The van der Waals surface area contributed by atoms with E-state index in [1.54, 1.807) is 18.2 Å². The van der Waals surface area contributed by atoms with E-state index < -0.39 is 29.3 Å². The van der Waals surface area contributed by atoms with E-state index in [-0.39, 0.29) is 16.7 Å². The number of morpholine rings is 1. The third-order valence-electron chi connectivity index (χ3n) is 6.76. The molecule has 1 aliphatic heterocycles. The molecule has 0 bridgehead atoms. The van der Waals surface area contributed by atoms with Crippen LogP contribution in [0.3, 0.4) is 0 Å². The van der Waals surface area contributed by atoms with Gasteiger partial charge in [-0.3, -0.25) is 9.69 Å². The van der Waals surface area contributed by atoms with Gasteiger partial charge in [0.15, 0.2) is 5.78 Å². The summed E-state index contributed by atoms with van der Waals surface area (Å²) in [5.41, 5.74) is 0.0457. The molecule has 5 rings (SSSR count). The van der Waals surface area contributed by atoms with Gasteiger partial charge < -0.3 is 9.47 Å². The van der Waals surface area contributed by atoms with E-state index in [1.165, 1.54) is 24.3 Å². The second-order valence-electron chi connectivity index (χ2n) is 9.24. The molecule has 4 nitrogen and oxygen atoms in total. The maximum absolute atomic E-state index is 13.6.